The van der Waals surface area contributed by atoms with Gasteiger partial charge in [0.2, 0.25) is 0 Å². The molecule has 0 atom stereocenters. The van der Waals surface area contributed by atoms with E-state index < -0.39 is 0 Å². The number of ether oxygens (including phenoxy) is 1. The number of rotatable bonds is 8. The van der Waals surface area contributed by atoms with E-state index in [0.717, 1.165) is 18.8 Å². The Morgan fingerprint density at radius 1 is 0.957 bits per heavy atom. The van der Waals surface area contributed by atoms with Gasteiger partial charge in [-0.2, -0.15) is 0 Å². The minimum atomic E-state index is 0.813. The van der Waals surface area contributed by atoms with Gasteiger partial charge in [-0.05, 0) is 49.1 Å². The Balaban J connectivity index is 2.06. The van der Waals surface area contributed by atoms with Crippen LogP contribution in [0.1, 0.15) is 50.7 Å². The summed E-state index contributed by atoms with van der Waals surface area (Å²) in [5, 5.41) is 0. The third-order valence-corrected chi connectivity index (χ3v) is 3.99. The summed E-state index contributed by atoms with van der Waals surface area (Å²) < 4.78 is 5.83. The van der Waals surface area contributed by atoms with Crippen molar-refractivity contribution < 1.29 is 4.74 Å². The second kappa shape index (κ2) is 9.19. The van der Waals surface area contributed by atoms with Crippen molar-refractivity contribution in [2.45, 2.75) is 46.5 Å². The van der Waals surface area contributed by atoms with E-state index in [0.29, 0.717) is 0 Å². The number of hydrogen-bond acceptors (Lipinski definition) is 1. The molecule has 0 spiro atoms. The van der Waals surface area contributed by atoms with Crippen molar-refractivity contribution in [3.63, 3.8) is 0 Å². The molecule has 0 N–H and O–H groups in total. The highest BCUT2D eigenvalue weighted by atomic mass is 16.5. The van der Waals surface area contributed by atoms with Crippen molar-refractivity contribution in [2.24, 2.45) is 0 Å². The average molecular weight is 308 g/mol. The molecule has 0 heterocycles. The number of benzene rings is 2. The smallest absolute Gasteiger partial charge is 0.119 e. The van der Waals surface area contributed by atoms with Crippen LogP contribution in [0.4, 0.5) is 0 Å². The molecule has 23 heavy (non-hydrogen) atoms. The summed E-state index contributed by atoms with van der Waals surface area (Å²) in [6.07, 6.45) is 9.20. The number of allylic oxidation sites excluding steroid dienone is 1. The maximum atomic E-state index is 5.83. The van der Waals surface area contributed by atoms with Gasteiger partial charge in [-0.3, -0.25) is 0 Å². The average Bonchev–Trinajstić information content (AvgIpc) is 2.57. The van der Waals surface area contributed by atoms with E-state index in [2.05, 4.69) is 75.4 Å². The molecule has 0 saturated heterocycles. The first-order valence-electron chi connectivity index (χ1n) is 8.71. The third kappa shape index (κ3) is 5.28. The fourth-order valence-electron chi connectivity index (χ4n) is 2.69. The molecule has 0 aromatic heterocycles. The lowest BCUT2D eigenvalue weighted by Crippen LogP contribution is -1.97. The molecule has 0 unspecified atom stereocenters. The maximum Gasteiger partial charge on any atom is 0.119 e. The topological polar surface area (TPSA) is 9.23 Å². The zero-order chi connectivity index (χ0) is 16.5. The Bertz CT molecular complexity index is 623. The quantitative estimate of drug-likeness (QED) is 0.496. The minimum Gasteiger partial charge on any atom is -0.494 e. The Labute approximate surface area is 141 Å². The van der Waals surface area contributed by atoms with Gasteiger partial charge in [0.15, 0.2) is 0 Å². The van der Waals surface area contributed by atoms with Crippen LogP contribution in [0.3, 0.4) is 0 Å². The van der Waals surface area contributed by atoms with Crippen LogP contribution < -0.4 is 4.74 Å². The third-order valence-electron chi connectivity index (χ3n) is 3.99. The van der Waals surface area contributed by atoms with E-state index in [1.54, 1.807) is 0 Å². The first kappa shape index (κ1) is 17.3. The van der Waals surface area contributed by atoms with Crippen LogP contribution in [0.2, 0.25) is 0 Å². The lowest BCUT2D eigenvalue weighted by atomic mass is 9.97. The molecule has 0 radical (unpaired) electrons. The van der Waals surface area contributed by atoms with Crippen LogP contribution in [0, 0.1) is 6.92 Å². The van der Waals surface area contributed by atoms with E-state index in [1.807, 2.05) is 0 Å². The second-order valence-electron chi connectivity index (χ2n) is 6.02. The summed E-state index contributed by atoms with van der Waals surface area (Å²) in [4.78, 5) is 0. The van der Waals surface area contributed by atoms with E-state index in [4.69, 9.17) is 4.74 Å². The molecule has 1 nitrogen and oxygen atoms in total. The van der Waals surface area contributed by atoms with Gasteiger partial charge in [0.05, 0.1) is 6.61 Å². The SMILES string of the molecule is C/C=C/c1ccc(C)cc1-c1ccc(OCCCCCC)cc1. The van der Waals surface area contributed by atoms with Crippen molar-refractivity contribution in [3.8, 4) is 16.9 Å². The predicted molar refractivity (Wildman–Crippen MR) is 101 cm³/mol. The van der Waals surface area contributed by atoms with Crippen LogP contribution in [0.5, 0.6) is 5.75 Å². The number of hydrogen-bond donors (Lipinski definition) is 0. The van der Waals surface area contributed by atoms with Crippen LogP contribution >= 0.6 is 0 Å². The van der Waals surface area contributed by atoms with Crippen LogP contribution in [0.25, 0.3) is 17.2 Å². The molecule has 2 aromatic rings. The van der Waals surface area contributed by atoms with E-state index in [1.165, 1.54) is 41.5 Å². The van der Waals surface area contributed by atoms with E-state index in [-0.39, 0.29) is 0 Å². The predicted octanol–water partition coefficient (Wildman–Crippen LogP) is 6.65. The number of unbranched alkanes of at least 4 members (excludes halogenated alkanes) is 3. The first-order valence-corrected chi connectivity index (χ1v) is 8.71. The monoisotopic (exact) mass is 308 g/mol. The summed E-state index contributed by atoms with van der Waals surface area (Å²) >= 11 is 0. The summed E-state index contributed by atoms with van der Waals surface area (Å²) in [6.45, 7) is 7.23. The van der Waals surface area contributed by atoms with Gasteiger partial charge in [0, 0.05) is 0 Å². The van der Waals surface area contributed by atoms with Crippen LogP contribution in [-0.4, -0.2) is 6.61 Å². The molecule has 0 fully saturated rings. The molecule has 2 aromatic carbocycles. The molecular weight excluding hydrogens is 280 g/mol. The zero-order valence-corrected chi connectivity index (χ0v) is 14.6. The highest BCUT2D eigenvalue weighted by Crippen LogP contribution is 2.28. The molecule has 0 bridgehead atoms. The standard InChI is InChI=1S/C22H28O/c1-4-6-7-8-16-23-21-14-12-20(13-15-21)22-17-18(3)10-11-19(22)9-5-2/h5,9-15,17H,4,6-8,16H2,1-3H3/b9-5+. The second-order valence-corrected chi connectivity index (χ2v) is 6.02. The van der Waals surface area contributed by atoms with Gasteiger partial charge in [0.25, 0.3) is 0 Å². The van der Waals surface area contributed by atoms with Crippen molar-refractivity contribution in [2.75, 3.05) is 6.61 Å². The zero-order valence-electron chi connectivity index (χ0n) is 14.6. The molecule has 0 amide bonds. The highest BCUT2D eigenvalue weighted by Gasteiger charge is 2.04. The van der Waals surface area contributed by atoms with E-state index >= 15 is 0 Å². The van der Waals surface area contributed by atoms with Gasteiger partial charge in [-0.25, -0.2) is 0 Å². The molecule has 0 aliphatic heterocycles. The molecule has 2 rings (SSSR count). The largest absolute Gasteiger partial charge is 0.494 e. The Kier molecular flexibility index (Phi) is 6.93. The molecule has 1 heteroatoms. The highest BCUT2D eigenvalue weighted by molar-refractivity contribution is 5.76. The molecule has 0 aliphatic carbocycles. The van der Waals surface area contributed by atoms with Crippen molar-refractivity contribution in [3.05, 3.63) is 59.7 Å². The number of aryl methyl sites for hydroxylation is 1. The van der Waals surface area contributed by atoms with Crippen LogP contribution in [0.15, 0.2) is 48.5 Å². The lowest BCUT2D eigenvalue weighted by Gasteiger charge is -2.10. The summed E-state index contributed by atoms with van der Waals surface area (Å²) in [7, 11) is 0. The Morgan fingerprint density at radius 2 is 1.74 bits per heavy atom. The van der Waals surface area contributed by atoms with Gasteiger partial charge >= 0.3 is 0 Å². The van der Waals surface area contributed by atoms with Gasteiger partial charge in [0.1, 0.15) is 5.75 Å². The summed E-state index contributed by atoms with van der Waals surface area (Å²) in [6, 6.07) is 15.1. The summed E-state index contributed by atoms with van der Waals surface area (Å²) in [5.74, 6) is 0.963. The van der Waals surface area contributed by atoms with Crippen molar-refractivity contribution >= 4 is 6.08 Å². The Morgan fingerprint density at radius 3 is 2.43 bits per heavy atom. The van der Waals surface area contributed by atoms with Gasteiger partial charge in [-0.1, -0.05) is 74.2 Å². The maximum absolute atomic E-state index is 5.83. The fraction of sp³-hybridized carbons (Fsp3) is 0.364. The van der Waals surface area contributed by atoms with E-state index in [9.17, 15) is 0 Å². The molecule has 122 valence electrons. The molecular formula is C22H28O. The Hall–Kier alpha value is -2.02. The molecule has 0 aliphatic rings. The lowest BCUT2D eigenvalue weighted by molar-refractivity contribution is 0.305. The van der Waals surface area contributed by atoms with Crippen LogP contribution in [-0.2, 0) is 0 Å². The van der Waals surface area contributed by atoms with Gasteiger partial charge < -0.3 is 4.74 Å². The molecule has 0 saturated carbocycles. The normalized spacial score (nSPS) is 11.1. The first-order chi connectivity index (χ1) is 11.2. The van der Waals surface area contributed by atoms with Crippen molar-refractivity contribution in [1.82, 2.24) is 0 Å². The summed E-state index contributed by atoms with van der Waals surface area (Å²) in [5.41, 5.74) is 5.05. The van der Waals surface area contributed by atoms with Gasteiger partial charge in [-0.15, -0.1) is 0 Å². The van der Waals surface area contributed by atoms with Crippen molar-refractivity contribution in [1.29, 1.82) is 0 Å². The fourth-order valence-corrected chi connectivity index (χ4v) is 2.69. The minimum absolute atomic E-state index is 0.813.